The summed E-state index contributed by atoms with van der Waals surface area (Å²) in [5, 5.41) is 8.65. The lowest BCUT2D eigenvalue weighted by Gasteiger charge is -2.19. The van der Waals surface area contributed by atoms with E-state index in [1.807, 2.05) is 24.3 Å². The molecule has 3 heteroatoms. The van der Waals surface area contributed by atoms with Gasteiger partial charge in [0.25, 0.3) is 0 Å². The van der Waals surface area contributed by atoms with Crippen molar-refractivity contribution in [2.75, 3.05) is 0 Å². The average Bonchev–Trinajstić information content (AvgIpc) is 2.39. The van der Waals surface area contributed by atoms with Crippen molar-refractivity contribution in [3.8, 4) is 5.75 Å². The monoisotopic (exact) mass is 244 g/mol. The summed E-state index contributed by atoms with van der Waals surface area (Å²) < 4.78 is 5.89. The zero-order valence-corrected chi connectivity index (χ0v) is 10.1. The topological polar surface area (TPSA) is 46.5 Å². The first-order valence-corrected chi connectivity index (χ1v) is 6.09. The first-order chi connectivity index (χ1) is 8.75. The van der Waals surface area contributed by atoms with Crippen molar-refractivity contribution in [1.82, 2.24) is 0 Å². The van der Waals surface area contributed by atoms with Gasteiger partial charge in [-0.05, 0) is 37.5 Å². The quantitative estimate of drug-likeness (QED) is 0.653. The molecule has 0 radical (unpaired) electrons. The highest BCUT2D eigenvalue weighted by Crippen LogP contribution is 2.24. The Balaban J connectivity index is 2.14. The highest BCUT2D eigenvalue weighted by Gasteiger charge is 2.11. The van der Waals surface area contributed by atoms with Gasteiger partial charge in [-0.1, -0.05) is 24.3 Å². The van der Waals surface area contributed by atoms with Crippen molar-refractivity contribution in [3.63, 3.8) is 0 Å². The Labute approximate surface area is 106 Å². The third-order valence-electron chi connectivity index (χ3n) is 2.81. The van der Waals surface area contributed by atoms with Gasteiger partial charge in [-0.3, -0.25) is 0 Å². The number of allylic oxidation sites excluding steroid dienone is 1. The summed E-state index contributed by atoms with van der Waals surface area (Å²) in [7, 11) is 0. The van der Waals surface area contributed by atoms with Gasteiger partial charge in [-0.2, -0.15) is 0 Å². The molecule has 0 aliphatic heterocycles. The van der Waals surface area contributed by atoms with Gasteiger partial charge in [0.2, 0.25) is 0 Å². The Kier molecular flexibility index (Phi) is 4.18. The molecule has 2 rings (SSSR count). The highest BCUT2D eigenvalue weighted by molar-refractivity contribution is 5.85. The number of carboxylic acids is 1. The van der Waals surface area contributed by atoms with Gasteiger partial charge >= 0.3 is 5.97 Å². The molecule has 1 aliphatic carbocycles. The average molecular weight is 244 g/mol. The van der Waals surface area contributed by atoms with Crippen molar-refractivity contribution in [1.29, 1.82) is 0 Å². The standard InChI is InChI=1S/C15H16O3/c16-15(17)11-10-12-6-4-5-9-14(12)18-13-7-2-1-3-8-13/h2,4-7,9-11,13H,1,3,8H2,(H,16,17)/b11-10+. The fraction of sp³-hybridized carbons (Fsp3) is 0.267. The van der Waals surface area contributed by atoms with E-state index in [4.69, 9.17) is 9.84 Å². The van der Waals surface area contributed by atoms with Gasteiger partial charge in [0, 0.05) is 11.6 Å². The van der Waals surface area contributed by atoms with E-state index in [9.17, 15) is 4.79 Å². The number of para-hydroxylation sites is 1. The molecule has 1 N–H and O–H groups in total. The van der Waals surface area contributed by atoms with E-state index in [0.29, 0.717) is 0 Å². The number of carboxylic acid groups (broad SMARTS) is 1. The molecule has 1 atom stereocenters. The fourth-order valence-corrected chi connectivity index (χ4v) is 1.93. The minimum atomic E-state index is -0.956. The maximum absolute atomic E-state index is 10.5. The number of hydrogen-bond donors (Lipinski definition) is 1. The van der Waals surface area contributed by atoms with Crippen molar-refractivity contribution < 1.29 is 14.6 Å². The molecule has 0 bridgehead atoms. The molecule has 18 heavy (non-hydrogen) atoms. The van der Waals surface area contributed by atoms with Crippen LogP contribution in [0.5, 0.6) is 5.75 Å². The minimum absolute atomic E-state index is 0.0955. The third kappa shape index (κ3) is 3.48. The van der Waals surface area contributed by atoms with Crippen LogP contribution in [-0.4, -0.2) is 17.2 Å². The second kappa shape index (κ2) is 6.05. The van der Waals surface area contributed by atoms with Crippen LogP contribution in [0.1, 0.15) is 24.8 Å². The summed E-state index contributed by atoms with van der Waals surface area (Å²) in [4.78, 5) is 10.5. The number of ether oxygens (including phenoxy) is 1. The molecule has 94 valence electrons. The van der Waals surface area contributed by atoms with Crippen LogP contribution in [0.3, 0.4) is 0 Å². The van der Waals surface area contributed by atoms with E-state index >= 15 is 0 Å². The minimum Gasteiger partial charge on any atom is -0.486 e. The molecule has 1 aromatic carbocycles. The van der Waals surface area contributed by atoms with E-state index < -0.39 is 5.97 Å². The predicted molar refractivity (Wildman–Crippen MR) is 70.5 cm³/mol. The zero-order valence-electron chi connectivity index (χ0n) is 10.1. The predicted octanol–water partition coefficient (Wildman–Crippen LogP) is 3.27. The van der Waals surface area contributed by atoms with Crippen LogP contribution < -0.4 is 4.74 Å². The molecule has 0 spiro atoms. The van der Waals surface area contributed by atoms with Crippen LogP contribution in [0.25, 0.3) is 6.08 Å². The van der Waals surface area contributed by atoms with Gasteiger partial charge in [0.15, 0.2) is 0 Å². The molecule has 0 fully saturated rings. The molecule has 1 aromatic rings. The number of carbonyl (C=O) groups is 1. The molecule has 0 amide bonds. The summed E-state index contributed by atoms with van der Waals surface area (Å²) in [5.74, 6) is -0.228. The Bertz CT molecular complexity index is 474. The van der Waals surface area contributed by atoms with Crippen LogP contribution in [0, 0.1) is 0 Å². The lowest BCUT2D eigenvalue weighted by Crippen LogP contribution is -2.16. The lowest BCUT2D eigenvalue weighted by molar-refractivity contribution is -0.131. The Morgan fingerprint density at radius 2 is 2.22 bits per heavy atom. The van der Waals surface area contributed by atoms with Gasteiger partial charge in [-0.15, -0.1) is 0 Å². The summed E-state index contributed by atoms with van der Waals surface area (Å²) in [6.45, 7) is 0. The van der Waals surface area contributed by atoms with E-state index in [2.05, 4.69) is 12.2 Å². The fourth-order valence-electron chi connectivity index (χ4n) is 1.93. The van der Waals surface area contributed by atoms with Crippen LogP contribution in [0.2, 0.25) is 0 Å². The number of hydrogen-bond acceptors (Lipinski definition) is 2. The first-order valence-electron chi connectivity index (χ1n) is 6.09. The molecule has 1 aliphatic rings. The van der Waals surface area contributed by atoms with Crippen molar-refractivity contribution in [3.05, 3.63) is 48.1 Å². The molecule has 0 heterocycles. The molecule has 3 nitrogen and oxygen atoms in total. The summed E-state index contributed by atoms with van der Waals surface area (Å²) in [6.07, 6.45) is 10.2. The second-order valence-corrected chi connectivity index (χ2v) is 4.22. The molecular formula is C15H16O3. The maximum Gasteiger partial charge on any atom is 0.328 e. The number of benzene rings is 1. The number of aliphatic carboxylic acids is 1. The third-order valence-corrected chi connectivity index (χ3v) is 2.81. The summed E-state index contributed by atoms with van der Waals surface area (Å²) >= 11 is 0. The SMILES string of the molecule is O=C(O)/C=C/c1ccccc1OC1C=CCCC1. The van der Waals surface area contributed by atoms with Crippen molar-refractivity contribution >= 4 is 12.0 Å². The molecule has 1 unspecified atom stereocenters. The summed E-state index contributed by atoms with van der Waals surface area (Å²) in [6, 6.07) is 7.47. The van der Waals surface area contributed by atoms with Crippen LogP contribution in [-0.2, 0) is 4.79 Å². The largest absolute Gasteiger partial charge is 0.486 e. The molecule has 0 saturated heterocycles. The zero-order chi connectivity index (χ0) is 12.8. The molecule has 0 saturated carbocycles. The lowest BCUT2D eigenvalue weighted by atomic mass is 10.1. The molecule has 0 aromatic heterocycles. The van der Waals surface area contributed by atoms with E-state index in [1.54, 1.807) is 6.08 Å². The normalized spacial score (nSPS) is 19.0. The van der Waals surface area contributed by atoms with Crippen LogP contribution in [0.4, 0.5) is 0 Å². The first kappa shape index (κ1) is 12.4. The van der Waals surface area contributed by atoms with E-state index in [1.165, 1.54) is 0 Å². The number of rotatable bonds is 4. The van der Waals surface area contributed by atoms with E-state index in [0.717, 1.165) is 36.7 Å². The molecular weight excluding hydrogens is 228 g/mol. The maximum atomic E-state index is 10.5. The Morgan fingerprint density at radius 3 is 2.94 bits per heavy atom. The van der Waals surface area contributed by atoms with Gasteiger partial charge in [0.1, 0.15) is 11.9 Å². The van der Waals surface area contributed by atoms with Crippen LogP contribution >= 0.6 is 0 Å². The van der Waals surface area contributed by atoms with Gasteiger partial charge in [-0.25, -0.2) is 4.79 Å². The van der Waals surface area contributed by atoms with E-state index in [-0.39, 0.29) is 6.10 Å². The van der Waals surface area contributed by atoms with Gasteiger partial charge < -0.3 is 9.84 Å². The van der Waals surface area contributed by atoms with Crippen LogP contribution in [0.15, 0.2) is 42.5 Å². The summed E-state index contributed by atoms with van der Waals surface area (Å²) in [5.41, 5.74) is 0.791. The van der Waals surface area contributed by atoms with Crippen molar-refractivity contribution in [2.24, 2.45) is 0 Å². The Morgan fingerprint density at radius 1 is 1.39 bits per heavy atom. The highest BCUT2D eigenvalue weighted by atomic mass is 16.5. The second-order valence-electron chi connectivity index (χ2n) is 4.22. The van der Waals surface area contributed by atoms with Crippen molar-refractivity contribution in [2.45, 2.75) is 25.4 Å². The smallest absolute Gasteiger partial charge is 0.328 e. The van der Waals surface area contributed by atoms with Gasteiger partial charge in [0.05, 0.1) is 0 Å². The Hall–Kier alpha value is -2.03.